The van der Waals surface area contributed by atoms with E-state index in [1.54, 1.807) is 31.4 Å². The first-order valence-corrected chi connectivity index (χ1v) is 7.71. The van der Waals surface area contributed by atoms with E-state index >= 15 is 0 Å². The Hall–Kier alpha value is -1.53. The molecule has 0 saturated heterocycles. The monoisotopic (exact) mass is 412 g/mol. The molecule has 0 unspecified atom stereocenters. The Balaban J connectivity index is 2.38. The summed E-state index contributed by atoms with van der Waals surface area (Å²) >= 11 is 6.74. The minimum absolute atomic E-state index is 0.280. The molecule has 0 fully saturated rings. The summed E-state index contributed by atoms with van der Waals surface area (Å²) in [5.74, 6) is 0.307. The molecule has 0 radical (unpaired) electrons. The van der Waals surface area contributed by atoms with Crippen LogP contribution in [0.5, 0.6) is 5.75 Å². The third-order valence-corrected chi connectivity index (χ3v) is 3.93. The number of carbonyl (C=O) groups is 1. The molecule has 4 nitrogen and oxygen atoms in total. The molecule has 0 aliphatic carbocycles. The first-order valence-electron chi connectivity index (χ1n) is 6.13. The van der Waals surface area contributed by atoms with Gasteiger partial charge in [-0.1, -0.05) is 31.9 Å². The summed E-state index contributed by atoms with van der Waals surface area (Å²) in [6, 6.07) is 8.86. The van der Waals surface area contributed by atoms with Gasteiger partial charge in [0.25, 0.3) is 5.91 Å². The smallest absolute Gasteiger partial charge is 0.257 e. The van der Waals surface area contributed by atoms with Crippen LogP contribution in [-0.2, 0) is 0 Å². The maximum Gasteiger partial charge on any atom is 0.257 e. The van der Waals surface area contributed by atoms with Crippen molar-refractivity contribution in [3.63, 3.8) is 0 Å². The summed E-state index contributed by atoms with van der Waals surface area (Å²) in [4.78, 5) is 12.4. The molecular weight excluding hydrogens is 400 g/mol. The van der Waals surface area contributed by atoms with Gasteiger partial charge in [0.1, 0.15) is 5.75 Å². The van der Waals surface area contributed by atoms with Gasteiger partial charge < -0.3 is 15.8 Å². The Morgan fingerprint density at radius 3 is 2.57 bits per heavy atom. The Labute approximate surface area is 139 Å². The number of halogens is 2. The number of rotatable bonds is 3. The van der Waals surface area contributed by atoms with Gasteiger partial charge in [0.2, 0.25) is 0 Å². The van der Waals surface area contributed by atoms with E-state index in [1.165, 1.54) is 0 Å². The highest BCUT2D eigenvalue weighted by Gasteiger charge is 2.15. The van der Waals surface area contributed by atoms with E-state index in [9.17, 15) is 4.79 Å². The van der Waals surface area contributed by atoms with Gasteiger partial charge in [-0.05, 0) is 42.8 Å². The zero-order valence-corrected chi connectivity index (χ0v) is 14.7. The first kappa shape index (κ1) is 15.9. The van der Waals surface area contributed by atoms with E-state index in [-0.39, 0.29) is 5.91 Å². The molecule has 0 bridgehead atoms. The van der Waals surface area contributed by atoms with Crippen molar-refractivity contribution < 1.29 is 9.53 Å². The lowest BCUT2D eigenvalue weighted by molar-refractivity contribution is 0.102. The molecule has 110 valence electrons. The van der Waals surface area contributed by atoms with Gasteiger partial charge in [-0.2, -0.15) is 0 Å². The second-order valence-electron chi connectivity index (χ2n) is 4.49. The zero-order chi connectivity index (χ0) is 15.6. The number of anilines is 2. The van der Waals surface area contributed by atoms with E-state index in [1.807, 2.05) is 13.0 Å². The summed E-state index contributed by atoms with van der Waals surface area (Å²) in [6.07, 6.45) is 0. The number of nitrogen functional groups attached to an aromatic ring is 1. The molecule has 0 spiro atoms. The van der Waals surface area contributed by atoms with E-state index in [4.69, 9.17) is 10.5 Å². The highest BCUT2D eigenvalue weighted by Crippen LogP contribution is 2.32. The molecule has 0 aliphatic heterocycles. The number of ether oxygens (including phenoxy) is 1. The number of benzene rings is 2. The van der Waals surface area contributed by atoms with Gasteiger partial charge in [-0.3, -0.25) is 4.79 Å². The molecule has 0 heterocycles. The van der Waals surface area contributed by atoms with Crippen LogP contribution in [0.15, 0.2) is 39.3 Å². The summed E-state index contributed by atoms with van der Waals surface area (Å²) in [6.45, 7) is 1.90. The fourth-order valence-electron chi connectivity index (χ4n) is 1.94. The molecule has 0 saturated carbocycles. The second-order valence-corrected chi connectivity index (χ2v) is 6.32. The normalized spacial score (nSPS) is 10.3. The van der Waals surface area contributed by atoms with Crippen LogP contribution in [-0.4, -0.2) is 13.0 Å². The van der Waals surface area contributed by atoms with Crippen molar-refractivity contribution in [2.45, 2.75) is 6.92 Å². The van der Waals surface area contributed by atoms with E-state index in [0.29, 0.717) is 22.7 Å². The van der Waals surface area contributed by atoms with Crippen LogP contribution >= 0.6 is 31.9 Å². The van der Waals surface area contributed by atoms with E-state index < -0.39 is 0 Å². The third kappa shape index (κ3) is 3.57. The largest absolute Gasteiger partial charge is 0.495 e. The second kappa shape index (κ2) is 6.49. The third-order valence-electron chi connectivity index (χ3n) is 2.98. The summed E-state index contributed by atoms with van der Waals surface area (Å²) in [7, 11) is 1.56. The molecule has 6 heteroatoms. The maximum atomic E-state index is 12.4. The molecule has 0 atom stereocenters. The highest BCUT2D eigenvalue weighted by atomic mass is 79.9. The Bertz CT molecular complexity index is 702. The molecule has 1 amide bonds. The summed E-state index contributed by atoms with van der Waals surface area (Å²) < 4.78 is 6.99. The van der Waals surface area contributed by atoms with Gasteiger partial charge in [0.15, 0.2) is 0 Å². The van der Waals surface area contributed by atoms with Gasteiger partial charge in [0.05, 0.1) is 18.4 Å². The van der Waals surface area contributed by atoms with Crippen LogP contribution in [0.4, 0.5) is 11.4 Å². The van der Waals surface area contributed by atoms with Crippen molar-refractivity contribution >= 4 is 49.1 Å². The van der Waals surface area contributed by atoms with Crippen molar-refractivity contribution in [1.29, 1.82) is 0 Å². The average molecular weight is 414 g/mol. The highest BCUT2D eigenvalue weighted by molar-refractivity contribution is 9.10. The number of carbonyl (C=O) groups excluding carboxylic acids is 1. The maximum absolute atomic E-state index is 12.4. The Morgan fingerprint density at radius 2 is 1.90 bits per heavy atom. The van der Waals surface area contributed by atoms with Crippen molar-refractivity contribution in [2.75, 3.05) is 18.2 Å². The lowest BCUT2D eigenvalue weighted by atomic mass is 10.1. The van der Waals surface area contributed by atoms with Crippen LogP contribution < -0.4 is 15.8 Å². The molecule has 2 aromatic rings. The molecule has 0 aromatic heterocycles. The average Bonchev–Trinajstić information content (AvgIpc) is 2.43. The predicted octanol–water partition coefficient (Wildman–Crippen LogP) is 4.36. The summed E-state index contributed by atoms with van der Waals surface area (Å²) in [5.41, 5.74) is 8.21. The Morgan fingerprint density at radius 1 is 1.19 bits per heavy atom. The van der Waals surface area contributed by atoms with Crippen LogP contribution in [0.25, 0.3) is 0 Å². The lowest BCUT2D eigenvalue weighted by Crippen LogP contribution is -2.15. The SMILES string of the molecule is COc1cc(Br)cc(C)c1NC(=O)c1cc(Br)ccc1N. The quantitative estimate of drug-likeness (QED) is 0.734. The number of hydrogen-bond acceptors (Lipinski definition) is 3. The topological polar surface area (TPSA) is 64.3 Å². The fourth-order valence-corrected chi connectivity index (χ4v) is 2.85. The van der Waals surface area contributed by atoms with Crippen molar-refractivity contribution in [3.05, 3.63) is 50.4 Å². The number of methoxy groups -OCH3 is 1. The predicted molar refractivity (Wildman–Crippen MR) is 91.9 cm³/mol. The Kier molecular flexibility index (Phi) is 4.90. The van der Waals surface area contributed by atoms with E-state index in [0.717, 1.165) is 14.5 Å². The van der Waals surface area contributed by atoms with Crippen LogP contribution in [0.1, 0.15) is 15.9 Å². The molecule has 2 aromatic carbocycles. The summed E-state index contributed by atoms with van der Waals surface area (Å²) in [5, 5.41) is 2.86. The lowest BCUT2D eigenvalue weighted by Gasteiger charge is -2.14. The van der Waals surface area contributed by atoms with Gasteiger partial charge in [0, 0.05) is 14.6 Å². The van der Waals surface area contributed by atoms with Gasteiger partial charge >= 0.3 is 0 Å². The number of nitrogens with two attached hydrogens (primary N) is 1. The number of hydrogen-bond donors (Lipinski definition) is 2. The minimum atomic E-state index is -0.280. The first-order chi connectivity index (χ1) is 9.92. The van der Waals surface area contributed by atoms with Crippen molar-refractivity contribution in [3.8, 4) is 5.75 Å². The van der Waals surface area contributed by atoms with Gasteiger partial charge in [-0.15, -0.1) is 0 Å². The van der Waals surface area contributed by atoms with Gasteiger partial charge in [-0.25, -0.2) is 0 Å². The molecular formula is C15H14Br2N2O2. The minimum Gasteiger partial charge on any atom is -0.495 e. The number of aryl methyl sites for hydroxylation is 1. The number of nitrogens with one attached hydrogen (secondary N) is 1. The molecule has 21 heavy (non-hydrogen) atoms. The number of amides is 1. The molecule has 2 rings (SSSR count). The van der Waals surface area contributed by atoms with Crippen LogP contribution in [0.2, 0.25) is 0 Å². The zero-order valence-electron chi connectivity index (χ0n) is 11.5. The standard InChI is InChI=1S/C15H14Br2N2O2/c1-8-5-10(17)7-13(21-2)14(8)19-15(20)11-6-9(16)3-4-12(11)18/h3-7H,18H2,1-2H3,(H,19,20). The fraction of sp³-hybridized carbons (Fsp3) is 0.133. The van der Waals surface area contributed by atoms with Crippen LogP contribution in [0, 0.1) is 6.92 Å². The molecule has 0 aliphatic rings. The van der Waals surface area contributed by atoms with Crippen molar-refractivity contribution in [1.82, 2.24) is 0 Å². The van der Waals surface area contributed by atoms with Crippen molar-refractivity contribution in [2.24, 2.45) is 0 Å². The van der Waals surface area contributed by atoms with Crippen LogP contribution in [0.3, 0.4) is 0 Å². The molecule has 3 N–H and O–H groups in total. The van der Waals surface area contributed by atoms with E-state index in [2.05, 4.69) is 37.2 Å².